The van der Waals surface area contributed by atoms with Crippen LogP contribution in [0.5, 0.6) is 0 Å². The number of carboxylic acid groups (broad SMARTS) is 2. The minimum atomic E-state index is -1.05. The second kappa shape index (κ2) is 56.6. The molecule has 5 aliphatic carbocycles. The van der Waals surface area contributed by atoms with Gasteiger partial charge in [-0.25, -0.2) is 49.8 Å². The van der Waals surface area contributed by atoms with Crippen LogP contribution in [0.25, 0.3) is 22.3 Å². The van der Waals surface area contributed by atoms with Crippen LogP contribution in [0, 0.1) is 35.5 Å². The largest absolute Gasteiger partial charge is 0.481 e. The van der Waals surface area contributed by atoms with E-state index in [0.717, 1.165) is 126 Å². The molecule has 2 heterocycles. The molecule has 35 nitrogen and oxygen atoms in total. The molecule has 0 aromatic heterocycles. The van der Waals surface area contributed by atoms with E-state index in [0.29, 0.717) is 76.8 Å². The Labute approximate surface area is 804 Å². The summed E-state index contributed by atoms with van der Waals surface area (Å²) in [5, 5.41) is 49.8. The lowest BCUT2D eigenvalue weighted by Gasteiger charge is -2.27. The third kappa shape index (κ3) is 34.4. The predicted molar refractivity (Wildman–Crippen MR) is 526 cm³/mol. The van der Waals surface area contributed by atoms with Crippen molar-refractivity contribution in [2.45, 2.75) is 231 Å². The van der Waals surface area contributed by atoms with Crippen LogP contribution in [-0.2, 0) is 60.9 Å². The summed E-state index contributed by atoms with van der Waals surface area (Å²) in [5.41, 5.74) is 27.8. The minimum Gasteiger partial charge on any atom is -0.481 e. The highest BCUT2D eigenvalue weighted by atomic mass is 16.6. The van der Waals surface area contributed by atoms with Gasteiger partial charge >= 0.3 is 48.3 Å². The molecule has 35 heteroatoms. The number of hydrazone groups is 3. The molecule has 12 amide bonds. The van der Waals surface area contributed by atoms with Crippen molar-refractivity contribution in [2.24, 2.45) is 62.3 Å². The number of nitrogens with one attached hydrogen (secondary N) is 10. The molecule has 2 unspecified atom stereocenters. The molecule has 7 atom stereocenters. The molecule has 2 saturated heterocycles. The molecule has 0 bridgehead atoms. The molecule has 6 aromatic carbocycles. The van der Waals surface area contributed by atoms with Crippen LogP contribution >= 0.6 is 0 Å². The fraction of sp³-hybridized carbons (Fsp3) is 0.510. The van der Waals surface area contributed by atoms with E-state index in [1.807, 2.05) is 130 Å². The number of ether oxygens (including phenoxy) is 5. The van der Waals surface area contributed by atoms with Gasteiger partial charge < -0.3 is 82.6 Å². The zero-order chi connectivity index (χ0) is 98.1. The summed E-state index contributed by atoms with van der Waals surface area (Å²) in [6, 6.07) is 48.1. The summed E-state index contributed by atoms with van der Waals surface area (Å²) in [4.78, 5) is 137. The van der Waals surface area contributed by atoms with Crippen LogP contribution in [0.2, 0.25) is 0 Å². The number of hydrogen-bond donors (Lipinski definition) is 14. The number of urea groups is 3. The van der Waals surface area contributed by atoms with Crippen LogP contribution in [-0.4, -0.2) is 220 Å². The Balaban J connectivity index is 0.000000237. The van der Waals surface area contributed by atoms with Gasteiger partial charge in [0, 0.05) is 94.9 Å². The monoisotopic (exact) mass is 1890 g/mol. The van der Waals surface area contributed by atoms with Crippen molar-refractivity contribution in [3.05, 3.63) is 191 Å². The summed E-state index contributed by atoms with van der Waals surface area (Å²) in [5.74, 6) is -1.19. The van der Waals surface area contributed by atoms with Gasteiger partial charge in [0.05, 0.1) is 56.5 Å². The number of nitrogens with zero attached hydrogens (tertiary/aromatic N) is 5. The van der Waals surface area contributed by atoms with Crippen molar-refractivity contribution in [3.8, 4) is 22.3 Å². The Morgan fingerprint density at radius 2 is 0.774 bits per heavy atom. The van der Waals surface area contributed by atoms with E-state index in [1.54, 1.807) is 34.9 Å². The predicted octanol–water partition coefficient (Wildman–Crippen LogP) is 13.2. The fourth-order valence-corrected chi connectivity index (χ4v) is 17.7. The molecule has 13 rings (SSSR count). The highest BCUT2D eigenvalue weighted by Gasteiger charge is 2.45. The number of rotatable bonds is 32. The van der Waals surface area contributed by atoms with Gasteiger partial charge in [-0.15, -0.1) is 0 Å². The summed E-state index contributed by atoms with van der Waals surface area (Å²) in [6.07, 6.45) is 14.4. The first-order valence-electron chi connectivity index (χ1n) is 47.4. The lowest BCUT2D eigenvalue weighted by atomic mass is 9.81. The van der Waals surface area contributed by atoms with E-state index in [-0.39, 0.29) is 124 Å². The molecule has 16 N–H and O–H groups in total. The maximum absolute atomic E-state index is 13.8. The summed E-state index contributed by atoms with van der Waals surface area (Å²) >= 11 is 0. The van der Waals surface area contributed by atoms with Crippen LogP contribution < -0.4 is 65.0 Å². The summed E-state index contributed by atoms with van der Waals surface area (Å²) in [6.45, 7) is 14.1. The van der Waals surface area contributed by atoms with Crippen LogP contribution in [0.4, 0.5) is 28.8 Å². The second-order valence-electron chi connectivity index (χ2n) is 35.9. The van der Waals surface area contributed by atoms with E-state index in [9.17, 15) is 57.8 Å². The molecule has 7 aliphatic rings. The number of likely N-dealkylation sites (tertiary alicyclic amines) is 2. The first-order chi connectivity index (χ1) is 65.6. The molecular weight excluding hydrogens is 1750 g/mol. The molecule has 744 valence electrons. The van der Waals surface area contributed by atoms with Crippen molar-refractivity contribution in [3.63, 3.8) is 0 Å². The highest BCUT2D eigenvalue weighted by molar-refractivity contribution is 5.90. The minimum absolute atomic E-state index is 0. The Bertz CT molecular complexity index is 4850. The Morgan fingerprint density at radius 1 is 0.438 bits per heavy atom. The van der Waals surface area contributed by atoms with Gasteiger partial charge in [-0.05, 0) is 198 Å². The number of carbonyl (C=O) groups is 11. The molecule has 0 spiro atoms. The number of fused-ring (bicyclic) bond motifs is 6. The van der Waals surface area contributed by atoms with E-state index >= 15 is 0 Å². The van der Waals surface area contributed by atoms with Gasteiger partial charge in [-0.3, -0.25) is 29.0 Å². The molecular formula is C102H143N17O18. The molecule has 3 saturated carbocycles. The van der Waals surface area contributed by atoms with E-state index in [2.05, 4.69) is 123 Å². The second-order valence-corrected chi connectivity index (χ2v) is 35.9. The summed E-state index contributed by atoms with van der Waals surface area (Å²) < 4.78 is 28.9. The lowest BCUT2D eigenvalue weighted by molar-refractivity contribution is -0.143. The third-order valence-electron chi connectivity index (χ3n) is 25.3. The van der Waals surface area contributed by atoms with Crippen LogP contribution in [0.1, 0.15) is 203 Å². The number of hydrogen-bond acceptors (Lipinski definition) is 21. The maximum Gasteiger partial charge on any atom is 0.410 e. The van der Waals surface area contributed by atoms with E-state index < -0.39 is 66.0 Å². The quantitative estimate of drug-likeness (QED) is 0.0106. The number of aliphatic carboxylic acids is 2. The van der Waals surface area contributed by atoms with Gasteiger partial charge in [0.15, 0.2) is 0 Å². The lowest BCUT2D eigenvalue weighted by Crippen LogP contribution is -2.49. The van der Waals surface area contributed by atoms with E-state index in [4.69, 9.17) is 34.5 Å². The molecule has 6 aromatic rings. The zero-order valence-corrected chi connectivity index (χ0v) is 79.6. The molecule has 137 heavy (non-hydrogen) atoms. The average Bonchev–Trinajstić information content (AvgIpc) is 1.62. The number of alkyl carbamates (subject to hydrolysis) is 1. The fourth-order valence-electron chi connectivity index (χ4n) is 17.7. The van der Waals surface area contributed by atoms with Crippen LogP contribution in [0.15, 0.2) is 173 Å². The number of carbonyl (C=O) groups excluding carboxylic acids is 9. The molecule has 2 aliphatic heterocycles. The number of amides is 12. The van der Waals surface area contributed by atoms with Crippen LogP contribution in [0.3, 0.4) is 0 Å². The van der Waals surface area contributed by atoms with Crippen molar-refractivity contribution in [2.75, 3.05) is 67.1 Å². The van der Waals surface area contributed by atoms with Gasteiger partial charge in [0.25, 0.3) is 0 Å². The molecule has 5 fully saturated rings. The highest BCUT2D eigenvalue weighted by Crippen LogP contribution is 2.47. The first-order valence-corrected chi connectivity index (χ1v) is 47.4. The number of nitrogens with two attached hydrogens (primary N) is 2. The van der Waals surface area contributed by atoms with Gasteiger partial charge in [-0.2, -0.15) is 15.3 Å². The van der Waals surface area contributed by atoms with Crippen molar-refractivity contribution in [1.82, 2.24) is 63.3 Å². The van der Waals surface area contributed by atoms with Gasteiger partial charge in [0.2, 0.25) is 17.7 Å². The summed E-state index contributed by atoms with van der Waals surface area (Å²) in [7, 11) is 4.83. The van der Waals surface area contributed by atoms with Gasteiger partial charge in [-0.1, -0.05) is 186 Å². The smallest absolute Gasteiger partial charge is 0.410 e. The van der Waals surface area contributed by atoms with Crippen molar-refractivity contribution < 1.29 is 86.6 Å². The normalized spacial score (nSPS) is 20.8. The van der Waals surface area contributed by atoms with E-state index in [1.165, 1.54) is 35.5 Å². The Kier molecular flexibility index (Phi) is 45.2. The number of carboxylic acids is 2. The van der Waals surface area contributed by atoms with Crippen molar-refractivity contribution in [1.29, 1.82) is 0 Å². The van der Waals surface area contributed by atoms with Crippen molar-refractivity contribution >= 4 is 84.7 Å². The first kappa shape index (κ1) is 109. The SMILES string of the molecule is C.CC[C@@H](/C=N/NC(=O)NCC1CCC(C(=O)NC)CC1)NC(=O)[C@@H]1C[C@@H](OCc2ccccc2)CN1C(=O)OCC1c2ccccc2-c2ccccc21.CC[C@@H](/C=N/NC(=O)NCC1CCC(C(=O)O)CC1)NC(=O)OC(C)(C)C.CC[C@H](N)/C=N/NC(=O)NCC1CCC(C(=O)NC)CC1.CN.O=C(O)C1CC(OCc2ccccc2)CN1C(=O)OCC1c2ccccc2-c2ccccc21. The Hall–Kier alpha value is -12.9. The van der Waals surface area contributed by atoms with Gasteiger partial charge in [0.1, 0.15) is 30.9 Å². The third-order valence-corrected chi connectivity index (χ3v) is 25.3. The topological polar surface area (TPSA) is 490 Å². The Morgan fingerprint density at radius 3 is 1.12 bits per heavy atom. The molecule has 0 radical (unpaired) electrons. The standard InChI is InChI=1S/C41H50N6O6.C27H25NO5.C18H32N4O5.C14H27N5O2.CH5N.CH4/c1-3-30(23-44-46-40(50)43-22-27-17-19-29(20-18-27)38(48)42-2)45-39(49)37-21-31(52-25-28-11-5-4-6-12-28)24-47(37)41(51)53-26-36-34-15-9-7-13-32(34)33-14-8-10-16-35(33)36;29-26(30)25-14-19(32-16-18-8-2-1-3-9-18)15-28(25)27(31)33-17-24-22-12-6-4-10-20(22)21-11-5-7-13-23(21)24;1-5-14(21-17(26)27-18(2,3)4)11-20-22-16(25)19-10-12-6-8-13(9-7-12)15(23)24;1-3-12(15)9-18-19-14(21)17-8-10-4-6-11(7-5-10)13(20)16-2;1-2;/h4-16,23,27,29-31,36-37H,3,17-22,24-26H2,1-2H3,(H,42,48)(H,45,49)(H2,43,46,50);1-13,19,24-25H,14-17H2,(H,29,30);11-14H,5-10H2,1-4H3,(H,21,26)(H,23,24)(H2,19,22,25);9-12H,3-8,15H2,1-2H3,(H,16,20)(H2,17,19,21);2H2,1H3;1H4/b44-23+;;20-11+;18-9+;;/t27?,29?,30-,31+,37-;;12?,13?,14-;10?,11?,12-;;/m0.00../s1. The number of benzene rings is 6. The average molecular weight is 1900 g/mol. The maximum atomic E-state index is 13.8. The zero-order valence-electron chi connectivity index (χ0n) is 79.6.